The number of carbonyl (C=O) groups is 1. The van der Waals surface area contributed by atoms with Gasteiger partial charge in [0.05, 0.1) is 23.9 Å². The molecule has 0 aliphatic heterocycles. The number of anilines is 1. The predicted molar refractivity (Wildman–Crippen MR) is 75.2 cm³/mol. The number of aryl methyl sites for hydroxylation is 1. The summed E-state index contributed by atoms with van der Waals surface area (Å²) in [6.07, 6.45) is 1.69. The van der Waals surface area contributed by atoms with E-state index in [4.69, 9.17) is 5.11 Å². The standard InChI is InChI=1S/C14H17N3O2/c1-9-6-11-4-3-5-15-13(11)12(7-9)17-14(19)16-10(2)8-18/h3-7,10,18H,8H2,1-2H3,(H2,16,17,19)/t10-/m0/s1. The molecule has 1 heterocycles. The lowest BCUT2D eigenvalue weighted by Crippen LogP contribution is -2.38. The van der Waals surface area contributed by atoms with Crippen LogP contribution in [0.5, 0.6) is 0 Å². The smallest absolute Gasteiger partial charge is 0.319 e. The van der Waals surface area contributed by atoms with Crippen molar-refractivity contribution in [1.29, 1.82) is 0 Å². The highest BCUT2D eigenvalue weighted by molar-refractivity contribution is 6.00. The Balaban J connectivity index is 2.27. The molecule has 0 saturated heterocycles. The number of aliphatic hydroxyl groups excluding tert-OH is 1. The fraction of sp³-hybridized carbons (Fsp3) is 0.286. The molecule has 2 amide bonds. The number of aliphatic hydroxyl groups is 1. The van der Waals surface area contributed by atoms with E-state index in [-0.39, 0.29) is 18.7 Å². The second kappa shape index (κ2) is 5.67. The molecule has 100 valence electrons. The average molecular weight is 259 g/mol. The van der Waals surface area contributed by atoms with E-state index in [0.29, 0.717) is 5.69 Å². The molecule has 0 fully saturated rings. The van der Waals surface area contributed by atoms with Crippen LogP contribution in [-0.2, 0) is 0 Å². The van der Waals surface area contributed by atoms with Gasteiger partial charge in [0.15, 0.2) is 0 Å². The van der Waals surface area contributed by atoms with E-state index in [0.717, 1.165) is 16.5 Å². The van der Waals surface area contributed by atoms with E-state index in [9.17, 15) is 4.79 Å². The maximum absolute atomic E-state index is 11.8. The number of urea groups is 1. The Morgan fingerprint density at radius 1 is 1.47 bits per heavy atom. The van der Waals surface area contributed by atoms with Crippen LogP contribution in [0.3, 0.4) is 0 Å². The van der Waals surface area contributed by atoms with E-state index in [1.165, 1.54) is 0 Å². The number of nitrogens with one attached hydrogen (secondary N) is 2. The molecule has 1 aromatic carbocycles. The molecule has 0 saturated carbocycles. The van der Waals surface area contributed by atoms with Crippen molar-refractivity contribution in [3.8, 4) is 0 Å². The molecule has 0 aliphatic rings. The number of carbonyl (C=O) groups excluding carboxylic acids is 1. The Hall–Kier alpha value is -2.14. The van der Waals surface area contributed by atoms with Gasteiger partial charge >= 0.3 is 6.03 Å². The predicted octanol–water partition coefficient (Wildman–Crippen LogP) is 2.05. The maximum Gasteiger partial charge on any atom is 0.319 e. The van der Waals surface area contributed by atoms with Crippen LogP contribution in [0.2, 0.25) is 0 Å². The minimum absolute atomic E-state index is 0.0970. The first-order chi connectivity index (χ1) is 9.10. The van der Waals surface area contributed by atoms with Crippen molar-refractivity contribution in [2.75, 3.05) is 11.9 Å². The fourth-order valence-electron chi connectivity index (χ4n) is 1.87. The highest BCUT2D eigenvalue weighted by Gasteiger charge is 2.09. The monoisotopic (exact) mass is 259 g/mol. The number of nitrogens with zero attached hydrogens (tertiary/aromatic N) is 1. The van der Waals surface area contributed by atoms with Crippen LogP contribution in [-0.4, -0.2) is 28.8 Å². The molecule has 0 spiro atoms. The SMILES string of the molecule is Cc1cc(NC(=O)N[C@@H](C)CO)c2ncccc2c1. The number of rotatable bonds is 3. The first-order valence-corrected chi connectivity index (χ1v) is 6.14. The Labute approximate surface area is 111 Å². The quantitative estimate of drug-likeness (QED) is 0.789. The third-order valence-electron chi connectivity index (χ3n) is 2.75. The van der Waals surface area contributed by atoms with Crippen molar-refractivity contribution in [3.05, 3.63) is 36.0 Å². The van der Waals surface area contributed by atoms with Crippen LogP contribution < -0.4 is 10.6 Å². The molecule has 2 rings (SSSR count). The molecule has 19 heavy (non-hydrogen) atoms. The first-order valence-electron chi connectivity index (χ1n) is 6.14. The largest absolute Gasteiger partial charge is 0.394 e. The molecule has 1 aromatic heterocycles. The number of aromatic nitrogens is 1. The van der Waals surface area contributed by atoms with Gasteiger partial charge in [-0.3, -0.25) is 4.98 Å². The van der Waals surface area contributed by atoms with E-state index in [2.05, 4.69) is 15.6 Å². The van der Waals surface area contributed by atoms with Crippen molar-refractivity contribution in [2.45, 2.75) is 19.9 Å². The van der Waals surface area contributed by atoms with Crippen molar-refractivity contribution in [1.82, 2.24) is 10.3 Å². The number of hydrogen-bond acceptors (Lipinski definition) is 3. The molecule has 0 unspecified atom stereocenters. The molecule has 0 aliphatic carbocycles. The summed E-state index contributed by atoms with van der Waals surface area (Å²) in [6.45, 7) is 3.60. The topological polar surface area (TPSA) is 74.2 Å². The van der Waals surface area contributed by atoms with E-state index in [1.807, 2.05) is 31.2 Å². The van der Waals surface area contributed by atoms with Gasteiger partial charge in [-0.25, -0.2) is 4.79 Å². The van der Waals surface area contributed by atoms with Gasteiger partial charge in [-0.2, -0.15) is 0 Å². The normalized spacial score (nSPS) is 12.2. The minimum Gasteiger partial charge on any atom is -0.394 e. The molecule has 2 aromatic rings. The molecule has 0 bridgehead atoms. The van der Waals surface area contributed by atoms with Crippen molar-refractivity contribution >= 4 is 22.6 Å². The van der Waals surface area contributed by atoms with Crippen LogP contribution in [0.15, 0.2) is 30.5 Å². The van der Waals surface area contributed by atoms with Gasteiger partial charge in [-0.05, 0) is 37.6 Å². The van der Waals surface area contributed by atoms with E-state index < -0.39 is 0 Å². The van der Waals surface area contributed by atoms with Gasteiger partial charge in [0, 0.05) is 11.6 Å². The Bertz CT molecular complexity index is 598. The van der Waals surface area contributed by atoms with Crippen LogP contribution in [0.1, 0.15) is 12.5 Å². The summed E-state index contributed by atoms with van der Waals surface area (Å²) in [7, 11) is 0. The first kappa shape index (κ1) is 13.3. The minimum atomic E-state index is -0.348. The van der Waals surface area contributed by atoms with Gasteiger partial charge in [0.2, 0.25) is 0 Å². The van der Waals surface area contributed by atoms with E-state index in [1.54, 1.807) is 13.1 Å². The Morgan fingerprint density at radius 3 is 3.00 bits per heavy atom. The Kier molecular flexibility index (Phi) is 3.97. The van der Waals surface area contributed by atoms with Gasteiger partial charge < -0.3 is 15.7 Å². The molecule has 3 N–H and O–H groups in total. The molecule has 0 radical (unpaired) electrons. The second-order valence-corrected chi connectivity index (χ2v) is 4.57. The van der Waals surface area contributed by atoms with Crippen LogP contribution >= 0.6 is 0 Å². The summed E-state index contributed by atoms with van der Waals surface area (Å²) in [5, 5.41) is 15.3. The molecule has 5 nitrogen and oxygen atoms in total. The third kappa shape index (κ3) is 3.20. The third-order valence-corrected chi connectivity index (χ3v) is 2.75. The number of fused-ring (bicyclic) bond motifs is 1. The van der Waals surface area contributed by atoms with Gasteiger partial charge in [0.1, 0.15) is 0 Å². The lowest BCUT2D eigenvalue weighted by molar-refractivity contribution is 0.229. The zero-order valence-electron chi connectivity index (χ0n) is 11.0. The van der Waals surface area contributed by atoms with Crippen LogP contribution in [0.4, 0.5) is 10.5 Å². The molecular weight excluding hydrogens is 242 g/mol. The van der Waals surface area contributed by atoms with Crippen molar-refractivity contribution in [2.24, 2.45) is 0 Å². The van der Waals surface area contributed by atoms with Crippen LogP contribution in [0.25, 0.3) is 10.9 Å². The number of amides is 2. The second-order valence-electron chi connectivity index (χ2n) is 4.57. The highest BCUT2D eigenvalue weighted by Crippen LogP contribution is 2.23. The summed E-state index contributed by atoms with van der Waals surface area (Å²) in [4.78, 5) is 16.1. The summed E-state index contributed by atoms with van der Waals surface area (Å²) >= 11 is 0. The number of benzene rings is 1. The summed E-state index contributed by atoms with van der Waals surface area (Å²) in [5.41, 5.74) is 2.46. The summed E-state index contributed by atoms with van der Waals surface area (Å²) in [5.74, 6) is 0. The van der Waals surface area contributed by atoms with Crippen LogP contribution in [0, 0.1) is 6.92 Å². The summed E-state index contributed by atoms with van der Waals surface area (Å²) < 4.78 is 0. The van der Waals surface area contributed by atoms with Crippen molar-refractivity contribution < 1.29 is 9.90 Å². The van der Waals surface area contributed by atoms with Gasteiger partial charge in [0.25, 0.3) is 0 Å². The number of hydrogen-bond donors (Lipinski definition) is 3. The number of pyridine rings is 1. The summed E-state index contributed by atoms with van der Waals surface area (Å²) in [6, 6.07) is 7.07. The molecule has 5 heteroatoms. The Morgan fingerprint density at radius 2 is 2.26 bits per heavy atom. The average Bonchev–Trinajstić information content (AvgIpc) is 2.38. The zero-order chi connectivity index (χ0) is 13.8. The van der Waals surface area contributed by atoms with E-state index >= 15 is 0 Å². The molecular formula is C14H17N3O2. The van der Waals surface area contributed by atoms with Crippen molar-refractivity contribution in [3.63, 3.8) is 0 Å². The lowest BCUT2D eigenvalue weighted by atomic mass is 10.1. The van der Waals surface area contributed by atoms with Gasteiger partial charge in [-0.15, -0.1) is 0 Å². The lowest BCUT2D eigenvalue weighted by Gasteiger charge is -2.13. The zero-order valence-corrected chi connectivity index (χ0v) is 11.0. The van der Waals surface area contributed by atoms with Gasteiger partial charge in [-0.1, -0.05) is 6.07 Å². The highest BCUT2D eigenvalue weighted by atomic mass is 16.3. The maximum atomic E-state index is 11.8. The molecule has 1 atom stereocenters. The fourth-order valence-corrected chi connectivity index (χ4v) is 1.87.